The fourth-order valence-electron chi connectivity index (χ4n) is 2.04. The molecule has 6 nitrogen and oxygen atoms in total. The van der Waals surface area contributed by atoms with E-state index in [1.807, 2.05) is 4.90 Å². The normalized spacial score (nSPS) is 18.8. The number of carboxylic acid groups (broad SMARTS) is 1. The van der Waals surface area contributed by atoms with Crippen LogP contribution in [-0.4, -0.2) is 59.9 Å². The summed E-state index contributed by atoms with van der Waals surface area (Å²) in [6.07, 6.45) is -4.19. The highest BCUT2D eigenvalue weighted by Crippen LogP contribution is 2.25. The van der Waals surface area contributed by atoms with Crippen molar-refractivity contribution in [1.82, 2.24) is 9.88 Å². The molecule has 1 fully saturated rings. The number of aromatic nitrogens is 1. The van der Waals surface area contributed by atoms with Crippen LogP contribution in [-0.2, 0) is 4.79 Å². The minimum absolute atomic E-state index is 0.264. The summed E-state index contributed by atoms with van der Waals surface area (Å²) in [6.45, 7) is 0.517. The van der Waals surface area contributed by atoms with Crippen LogP contribution in [0.5, 0.6) is 0 Å². The molecular weight excluding hydrogens is 309 g/mol. The van der Waals surface area contributed by atoms with Gasteiger partial charge in [-0.3, -0.25) is 9.69 Å². The molecule has 3 N–H and O–H groups in total. The summed E-state index contributed by atoms with van der Waals surface area (Å²) in [7, 11) is 0. The average Bonchev–Trinajstić information content (AvgIpc) is 2.86. The number of piperazine rings is 1. The highest BCUT2D eigenvalue weighted by molar-refractivity contribution is 7.13. The quantitative estimate of drug-likeness (QED) is 0.857. The summed E-state index contributed by atoms with van der Waals surface area (Å²) in [5, 5.41) is 11.0. The van der Waals surface area contributed by atoms with E-state index in [9.17, 15) is 18.0 Å². The van der Waals surface area contributed by atoms with Gasteiger partial charge in [-0.15, -0.1) is 11.3 Å². The molecule has 0 spiro atoms. The Morgan fingerprint density at radius 1 is 1.43 bits per heavy atom. The van der Waals surface area contributed by atoms with E-state index in [1.165, 1.54) is 16.2 Å². The van der Waals surface area contributed by atoms with Crippen LogP contribution in [0, 0.1) is 0 Å². The van der Waals surface area contributed by atoms with E-state index in [-0.39, 0.29) is 5.69 Å². The number of hydrogen-bond acceptors (Lipinski definition) is 6. The van der Waals surface area contributed by atoms with Gasteiger partial charge in [-0.2, -0.15) is 13.2 Å². The maximum absolute atomic E-state index is 12.3. The van der Waals surface area contributed by atoms with Crippen molar-refractivity contribution >= 4 is 22.4 Å². The Labute approximate surface area is 123 Å². The molecule has 2 heterocycles. The number of carboxylic acids is 1. The number of anilines is 1. The summed E-state index contributed by atoms with van der Waals surface area (Å²) in [5.41, 5.74) is 5.73. The van der Waals surface area contributed by atoms with E-state index in [0.717, 1.165) is 0 Å². The molecule has 0 saturated carbocycles. The lowest BCUT2D eigenvalue weighted by Crippen LogP contribution is -2.49. The molecule has 0 aromatic carbocycles. The van der Waals surface area contributed by atoms with E-state index in [2.05, 4.69) is 4.98 Å². The number of rotatable bonds is 4. The molecule has 0 aliphatic carbocycles. The van der Waals surface area contributed by atoms with Gasteiger partial charge in [0.1, 0.15) is 6.04 Å². The fourth-order valence-corrected chi connectivity index (χ4v) is 2.96. The number of nitrogens with two attached hydrogens (primary N) is 1. The molecule has 10 heteroatoms. The summed E-state index contributed by atoms with van der Waals surface area (Å²) in [5.74, 6) is -1.16. The van der Waals surface area contributed by atoms with Crippen LogP contribution in [0.4, 0.5) is 18.3 Å². The van der Waals surface area contributed by atoms with Gasteiger partial charge >= 0.3 is 12.1 Å². The van der Waals surface area contributed by atoms with Crippen molar-refractivity contribution in [2.24, 2.45) is 5.73 Å². The zero-order valence-electron chi connectivity index (χ0n) is 11.0. The number of carbonyl (C=O) groups is 1. The van der Waals surface area contributed by atoms with Crippen molar-refractivity contribution in [3.8, 4) is 0 Å². The Morgan fingerprint density at radius 2 is 2.05 bits per heavy atom. The molecule has 2 rings (SSSR count). The maximum Gasteiger partial charge on any atom is 0.401 e. The average molecular weight is 324 g/mol. The first-order valence-electron chi connectivity index (χ1n) is 6.24. The smallest absolute Gasteiger partial charge is 0.401 e. The summed E-state index contributed by atoms with van der Waals surface area (Å²) < 4.78 is 36.9. The number of alkyl halides is 3. The molecule has 118 valence electrons. The van der Waals surface area contributed by atoms with Gasteiger partial charge in [-0.05, 0) is 0 Å². The molecule has 1 aromatic heterocycles. The maximum atomic E-state index is 12.3. The fraction of sp³-hybridized carbons (Fsp3) is 0.636. The molecule has 0 bridgehead atoms. The Kier molecular flexibility index (Phi) is 4.69. The van der Waals surface area contributed by atoms with Gasteiger partial charge in [0.2, 0.25) is 0 Å². The zero-order chi connectivity index (χ0) is 15.6. The third-order valence-corrected chi connectivity index (χ3v) is 4.06. The number of hydrogen-bond donors (Lipinski definition) is 2. The Hall–Kier alpha value is -1.39. The zero-order valence-corrected chi connectivity index (χ0v) is 11.8. The molecule has 21 heavy (non-hydrogen) atoms. The largest absolute Gasteiger partial charge is 0.480 e. The van der Waals surface area contributed by atoms with Gasteiger partial charge in [0.25, 0.3) is 0 Å². The van der Waals surface area contributed by atoms with Crippen LogP contribution >= 0.6 is 11.3 Å². The van der Waals surface area contributed by atoms with Crippen LogP contribution in [0.3, 0.4) is 0 Å². The molecule has 0 radical (unpaired) electrons. The molecular formula is C11H15F3N4O2S. The van der Waals surface area contributed by atoms with Gasteiger partial charge in [0.05, 0.1) is 12.2 Å². The molecule has 1 saturated heterocycles. The third-order valence-electron chi connectivity index (χ3n) is 3.14. The highest BCUT2D eigenvalue weighted by Gasteiger charge is 2.32. The van der Waals surface area contributed by atoms with E-state index < -0.39 is 24.7 Å². The van der Waals surface area contributed by atoms with Crippen molar-refractivity contribution < 1.29 is 23.1 Å². The SMILES string of the molecule is NC(C(=O)O)c1csc(N2CCN(CC(F)(F)F)CC2)n1. The van der Waals surface area contributed by atoms with Gasteiger partial charge < -0.3 is 15.7 Å². The molecule has 1 aliphatic rings. The van der Waals surface area contributed by atoms with Gasteiger partial charge in [-0.1, -0.05) is 0 Å². The predicted molar refractivity (Wildman–Crippen MR) is 71.4 cm³/mol. The van der Waals surface area contributed by atoms with E-state index in [1.54, 1.807) is 5.38 Å². The minimum atomic E-state index is -4.19. The van der Waals surface area contributed by atoms with E-state index in [0.29, 0.717) is 31.3 Å². The number of thiazole rings is 1. The second kappa shape index (κ2) is 6.16. The number of halogens is 3. The number of nitrogens with zero attached hydrogens (tertiary/aromatic N) is 3. The van der Waals surface area contributed by atoms with Crippen LogP contribution in [0.15, 0.2) is 5.38 Å². The predicted octanol–water partition coefficient (Wildman–Crippen LogP) is 0.912. The molecule has 0 amide bonds. The van der Waals surface area contributed by atoms with Crippen LogP contribution < -0.4 is 10.6 Å². The van der Waals surface area contributed by atoms with E-state index >= 15 is 0 Å². The van der Waals surface area contributed by atoms with Crippen LogP contribution in [0.2, 0.25) is 0 Å². The van der Waals surface area contributed by atoms with Gasteiger partial charge in [0, 0.05) is 31.6 Å². The standard InChI is InChI=1S/C11H15F3N4O2S/c12-11(13,14)6-17-1-3-18(4-2-17)10-16-7(5-21-10)8(15)9(19)20/h5,8H,1-4,6,15H2,(H,19,20). The lowest BCUT2D eigenvalue weighted by atomic mass is 10.2. The van der Waals surface area contributed by atoms with Crippen molar-refractivity contribution in [2.75, 3.05) is 37.6 Å². The minimum Gasteiger partial charge on any atom is -0.480 e. The highest BCUT2D eigenvalue weighted by atomic mass is 32.1. The number of aliphatic carboxylic acids is 1. The van der Waals surface area contributed by atoms with Crippen molar-refractivity contribution in [3.05, 3.63) is 11.1 Å². The molecule has 1 unspecified atom stereocenters. The topological polar surface area (TPSA) is 82.7 Å². The second-order valence-electron chi connectivity index (χ2n) is 4.75. The summed E-state index contributed by atoms with van der Waals surface area (Å²) in [6, 6.07) is -1.18. The van der Waals surface area contributed by atoms with Crippen LogP contribution in [0.1, 0.15) is 11.7 Å². The summed E-state index contributed by atoms with van der Waals surface area (Å²) >= 11 is 1.25. The first kappa shape index (κ1) is 16.0. The van der Waals surface area contributed by atoms with Crippen molar-refractivity contribution in [2.45, 2.75) is 12.2 Å². The lowest BCUT2D eigenvalue weighted by molar-refractivity contribution is -0.146. The molecule has 1 aliphatic heterocycles. The van der Waals surface area contributed by atoms with Gasteiger partial charge in [-0.25, -0.2) is 4.98 Å². The Balaban J connectivity index is 1.92. The Bertz CT molecular complexity index is 500. The second-order valence-corrected chi connectivity index (χ2v) is 5.59. The lowest BCUT2D eigenvalue weighted by Gasteiger charge is -2.34. The first-order chi connectivity index (χ1) is 9.76. The first-order valence-corrected chi connectivity index (χ1v) is 7.12. The van der Waals surface area contributed by atoms with Crippen molar-refractivity contribution in [1.29, 1.82) is 0 Å². The Morgan fingerprint density at radius 3 is 2.57 bits per heavy atom. The van der Waals surface area contributed by atoms with E-state index in [4.69, 9.17) is 10.8 Å². The molecule has 1 atom stereocenters. The third kappa shape index (κ3) is 4.29. The van der Waals surface area contributed by atoms with Gasteiger partial charge in [0.15, 0.2) is 5.13 Å². The monoisotopic (exact) mass is 324 g/mol. The van der Waals surface area contributed by atoms with Crippen molar-refractivity contribution in [3.63, 3.8) is 0 Å². The molecule has 1 aromatic rings. The summed E-state index contributed by atoms with van der Waals surface area (Å²) in [4.78, 5) is 18.1. The van der Waals surface area contributed by atoms with Crippen LogP contribution in [0.25, 0.3) is 0 Å².